The lowest BCUT2D eigenvalue weighted by atomic mass is 9.91. The molecule has 0 aliphatic carbocycles. The maximum Gasteiger partial charge on any atom is 0.422 e. The van der Waals surface area contributed by atoms with Crippen molar-refractivity contribution in [2.45, 2.75) is 85.7 Å². The van der Waals surface area contributed by atoms with Crippen molar-refractivity contribution in [3.63, 3.8) is 0 Å². The molecular formula is C48H70F3N9O7. The second kappa shape index (κ2) is 21.3. The number of alkyl halides is 3. The number of esters is 1. The smallest absolute Gasteiger partial charge is 0.422 e. The molecule has 4 aliphatic heterocycles. The fraction of sp³-hybridized carbons (Fsp3) is 0.625. The summed E-state index contributed by atoms with van der Waals surface area (Å²) >= 11 is 0. The first kappa shape index (κ1) is 52.5. The summed E-state index contributed by atoms with van der Waals surface area (Å²) in [7, 11) is 4.17. The SMILES string of the molecule is C[C@@H]1CN(C(=O)C(=O)OCC(F)(F)F)[C@@H](c2cccc(N3CCN(C)CC3)c2)CN1C(=O)C(C)(C)C.C[C@@H]1CN(C(=O)C(N)=O)[C@@H](c2cccc(N3CCN(C)CC3)c2)CN1C(=O)C(C)(C)C. The topological polar surface area (TPSA) is 164 Å². The molecule has 0 aromatic heterocycles. The van der Waals surface area contributed by atoms with E-state index in [4.69, 9.17) is 5.73 Å². The van der Waals surface area contributed by atoms with Crippen LogP contribution in [-0.2, 0) is 33.5 Å². The maximum atomic E-state index is 13.2. The van der Waals surface area contributed by atoms with Gasteiger partial charge >= 0.3 is 29.9 Å². The van der Waals surface area contributed by atoms with E-state index in [1.54, 1.807) is 38.7 Å². The number of nitrogens with zero attached hydrogens (tertiary/aromatic N) is 8. The lowest BCUT2D eigenvalue weighted by molar-refractivity contribution is -0.190. The van der Waals surface area contributed by atoms with E-state index in [2.05, 4.69) is 50.6 Å². The van der Waals surface area contributed by atoms with Gasteiger partial charge in [-0.05, 0) is 63.3 Å². The van der Waals surface area contributed by atoms with Gasteiger partial charge in [-0.1, -0.05) is 65.8 Å². The zero-order chi connectivity index (χ0) is 49.8. The molecule has 0 bridgehead atoms. The molecule has 5 amide bonds. The number of ether oxygens (including phenoxy) is 1. The largest absolute Gasteiger partial charge is 0.449 e. The summed E-state index contributed by atoms with van der Waals surface area (Å²) in [6.07, 6.45) is -4.74. The molecule has 4 atom stereocenters. The van der Waals surface area contributed by atoms with Gasteiger partial charge in [0.05, 0.1) is 12.1 Å². The van der Waals surface area contributed by atoms with Crippen LogP contribution in [0, 0.1) is 10.8 Å². The van der Waals surface area contributed by atoms with Gasteiger partial charge in [0.15, 0.2) is 6.61 Å². The van der Waals surface area contributed by atoms with Crippen molar-refractivity contribution in [3.8, 4) is 0 Å². The van der Waals surface area contributed by atoms with Crippen LogP contribution < -0.4 is 15.5 Å². The van der Waals surface area contributed by atoms with Gasteiger partial charge in [-0.3, -0.25) is 24.0 Å². The molecule has 4 saturated heterocycles. The highest BCUT2D eigenvalue weighted by atomic mass is 19.4. The van der Waals surface area contributed by atoms with Gasteiger partial charge in [-0.15, -0.1) is 0 Å². The summed E-state index contributed by atoms with van der Waals surface area (Å²) in [6, 6.07) is 13.8. The minimum atomic E-state index is -4.74. The van der Waals surface area contributed by atoms with E-state index in [1.165, 1.54) is 9.80 Å². The quantitative estimate of drug-likeness (QED) is 0.343. The van der Waals surface area contributed by atoms with Crippen molar-refractivity contribution in [2.75, 3.05) is 109 Å². The van der Waals surface area contributed by atoms with Crippen molar-refractivity contribution in [3.05, 3.63) is 59.7 Å². The molecule has 0 saturated carbocycles. The molecule has 0 spiro atoms. The molecule has 2 N–H and O–H groups in total. The molecule has 19 heteroatoms. The predicted molar refractivity (Wildman–Crippen MR) is 249 cm³/mol. The highest BCUT2D eigenvalue weighted by Crippen LogP contribution is 2.35. The molecule has 4 aliphatic rings. The van der Waals surface area contributed by atoms with Crippen molar-refractivity contribution in [1.82, 2.24) is 29.4 Å². The molecular weight excluding hydrogens is 872 g/mol. The Bertz CT molecular complexity index is 2110. The van der Waals surface area contributed by atoms with E-state index < -0.39 is 65.4 Å². The van der Waals surface area contributed by atoms with Crippen LogP contribution in [0.2, 0.25) is 0 Å². The summed E-state index contributed by atoms with van der Waals surface area (Å²) in [5.41, 5.74) is 7.79. The van der Waals surface area contributed by atoms with Crippen LogP contribution >= 0.6 is 0 Å². The number of anilines is 2. The number of halogens is 3. The summed E-state index contributed by atoms with van der Waals surface area (Å²) in [5, 5.41) is 0. The number of piperazine rings is 4. The van der Waals surface area contributed by atoms with Crippen molar-refractivity contribution >= 4 is 46.9 Å². The van der Waals surface area contributed by atoms with E-state index in [9.17, 15) is 41.9 Å². The third kappa shape index (κ3) is 13.4. The van der Waals surface area contributed by atoms with Crippen molar-refractivity contribution < 1.29 is 46.7 Å². The van der Waals surface area contributed by atoms with Crippen LogP contribution in [0.15, 0.2) is 48.5 Å². The Morgan fingerprint density at radius 3 is 1.30 bits per heavy atom. The average Bonchev–Trinajstić information content (AvgIpc) is 3.27. The lowest BCUT2D eigenvalue weighted by Gasteiger charge is -2.47. The number of primary amides is 1. The van der Waals surface area contributed by atoms with E-state index in [-0.39, 0.29) is 37.5 Å². The van der Waals surface area contributed by atoms with Gasteiger partial charge in [-0.25, -0.2) is 4.79 Å². The molecule has 6 rings (SSSR count). The number of hydrogen-bond acceptors (Lipinski definition) is 11. The standard InChI is InChI=1S/C25H35F3N4O4.C23H35N5O3/c1-17-14-32(21(33)22(34)36-16-25(26,27)28)20(15-31(17)23(35)24(2,3)4)18-7-6-8-19(13-18)30-11-9-29(5)10-12-30;1-16-14-28(21(30)20(24)29)19(15-27(16)22(31)23(2,3)4)17-7-6-8-18(13-17)26-11-9-25(5)10-12-26/h6-8,13,17,20H,9-12,14-16H2,1-5H3;6-8,13,16,19H,9-12,14-15H2,1-5H3,(H2,24,29)/t17-,20-;16-,19-/m11/s1. The van der Waals surface area contributed by atoms with Crippen molar-refractivity contribution in [1.29, 1.82) is 0 Å². The number of amides is 5. The molecule has 2 aromatic carbocycles. The molecule has 2 aromatic rings. The Labute approximate surface area is 393 Å². The summed E-state index contributed by atoms with van der Waals surface area (Å²) in [4.78, 5) is 91.3. The minimum Gasteiger partial charge on any atom is -0.449 e. The normalized spacial score (nSPS) is 22.5. The Hall–Kier alpha value is -5.43. The number of benzene rings is 2. The number of nitrogens with two attached hydrogens (primary N) is 1. The van der Waals surface area contributed by atoms with Gasteiger partial charge in [0.1, 0.15) is 0 Å². The third-order valence-electron chi connectivity index (χ3n) is 12.8. The number of likely N-dealkylation sites (N-methyl/N-ethyl adjacent to an activating group) is 2. The van der Waals surface area contributed by atoms with Crippen LogP contribution in [0.5, 0.6) is 0 Å². The summed E-state index contributed by atoms with van der Waals surface area (Å²) in [6.45, 7) is 20.9. The van der Waals surface area contributed by atoms with Crippen LogP contribution in [0.4, 0.5) is 24.5 Å². The molecule has 16 nitrogen and oxygen atoms in total. The van der Waals surface area contributed by atoms with Gasteiger partial charge in [0.2, 0.25) is 11.8 Å². The fourth-order valence-electron chi connectivity index (χ4n) is 8.85. The molecule has 67 heavy (non-hydrogen) atoms. The second-order valence-corrected chi connectivity index (χ2v) is 20.4. The molecule has 4 heterocycles. The number of rotatable bonds is 5. The third-order valence-corrected chi connectivity index (χ3v) is 12.8. The first-order valence-corrected chi connectivity index (χ1v) is 23.0. The van der Waals surface area contributed by atoms with E-state index in [0.717, 1.165) is 69.3 Å². The van der Waals surface area contributed by atoms with Gasteiger partial charge in [0.25, 0.3) is 0 Å². The van der Waals surface area contributed by atoms with Crippen LogP contribution in [0.25, 0.3) is 0 Å². The first-order chi connectivity index (χ1) is 31.2. The van der Waals surface area contributed by atoms with Gasteiger partial charge in [0, 0.05) is 113 Å². The van der Waals surface area contributed by atoms with Crippen LogP contribution in [0.3, 0.4) is 0 Å². The highest BCUT2D eigenvalue weighted by molar-refractivity contribution is 6.34. The van der Waals surface area contributed by atoms with Crippen molar-refractivity contribution in [2.24, 2.45) is 16.6 Å². The van der Waals surface area contributed by atoms with E-state index in [1.807, 2.05) is 62.9 Å². The fourth-order valence-corrected chi connectivity index (χ4v) is 8.85. The summed E-state index contributed by atoms with van der Waals surface area (Å²) < 4.78 is 42.0. The number of carbonyl (C=O) groups is 6. The van der Waals surface area contributed by atoms with Crippen LogP contribution in [0.1, 0.15) is 78.6 Å². The number of hydrogen-bond donors (Lipinski definition) is 1. The molecule has 4 fully saturated rings. The second-order valence-electron chi connectivity index (χ2n) is 20.4. The highest BCUT2D eigenvalue weighted by Gasteiger charge is 2.44. The first-order valence-electron chi connectivity index (χ1n) is 23.0. The monoisotopic (exact) mass is 942 g/mol. The van der Waals surface area contributed by atoms with Gasteiger partial charge in [-0.2, -0.15) is 13.2 Å². The zero-order valence-corrected chi connectivity index (χ0v) is 40.8. The van der Waals surface area contributed by atoms with Crippen LogP contribution in [-0.4, -0.2) is 182 Å². The predicted octanol–water partition coefficient (Wildman–Crippen LogP) is 3.76. The van der Waals surface area contributed by atoms with Gasteiger partial charge < -0.3 is 49.7 Å². The summed E-state index contributed by atoms with van der Waals surface area (Å²) in [5.74, 6) is -4.46. The minimum absolute atomic E-state index is 0.00876. The maximum absolute atomic E-state index is 13.2. The Morgan fingerprint density at radius 2 is 0.955 bits per heavy atom. The van der Waals surface area contributed by atoms with E-state index in [0.29, 0.717) is 12.1 Å². The number of carbonyl (C=O) groups excluding carboxylic acids is 6. The Balaban J connectivity index is 0.000000254. The molecule has 0 radical (unpaired) electrons. The Kier molecular flexibility index (Phi) is 16.7. The van der Waals surface area contributed by atoms with E-state index >= 15 is 0 Å². The molecule has 370 valence electrons. The average molecular weight is 942 g/mol. The zero-order valence-electron chi connectivity index (χ0n) is 40.8. The Morgan fingerprint density at radius 1 is 0.582 bits per heavy atom. The lowest BCUT2D eigenvalue weighted by Crippen LogP contribution is -2.60. The molecule has 0 unspecified atom stereocenters.